The molecule has 0 amide bonds. The Morgan fingerprint density at radius 1 is 0.824 bits per heavy atom. The highest BCUT2D eigenvalue weighted by molar-refractivity contribution is 4.97. The molecule has 0 bridgehead atoms. The van der Waals surface area contributed by atoms with Gasteiger partial charge >= 0.3 is 0 Å². The molecule has 0 saturated carbocycles. The van der Waals surface area contributed by atoms with Crippen LogP contribution in [0.4, 0.5) is 0 Å². The largest absolute Gasteiger partial charge is 0.467 e. The van der Waals surface area contributed by atoms with E-state index >= 15 is 0 Å². The summed E-state index contributed by atoms with van der Waals surface area (Å²) in [5.74, 6) is 1.85. The molecule has 0 rings (SSSR count). The highest BCUT2D eigenvalue weighted by Gasteiger charge is 1.93. The molecule has 3 nitrogen and oxygen atoms in total. The van der Waals surface area contributed by atoms with E-state index in [0.717, 1.165) is 50.8 Å². The lowest BCUT2D eigenvalue weighted by molar-refractivity contribution is 0.150. The molecule has 0 spiro atoms. The Bertz CT molecular complexity index is 208. The summed E-state index contributed by atoms with van der Waals surface area (Å²) in [6.07, 6.45) is 5.89. The number of allylic oxidation sites excluding steroid dienone is 2. The molecule has 0 N–H and O–H groups in total. The SMILES string of the molecule is CCOCCC=C(C)OC(C)=CCCOCC. The van der Waals surface area contributed by atoms with Gasteiger partial charge in [-0.25, -0.2) is 0 Å². The van der Waals surface area contributed by atoms with E-state index in [1.165, 1.54) is 0 Å². The first-order chi connectivity index (χ1) is 8.20. The van der Waals surface area contributed by atoms with Gasteiger partial charge < -0.3 is 14.2 Å². The molecule has 0 radical (unpaired) electrons. The summed E-state index contributed by atoms with van der Waals surface area (Å²) < 4.78 is 16.1. The predicted molar refractivity (Wildman–Crippen MR) is 70.8 cm³/mol. The quantitative estimate of drug-likeness (QED) is 0.432. The lowest BCUT2D eigenvalue weighted by Gasteiger charge is -2.06. The molecular weight excluding hydrogens is 216 g/mol. The van der Waals surface area contributed by atoms with Crippen molar-refractivity contribution in [1.29, 1.82) is 0 Å². The van der Waals surface area contributed by atoms with Gasteiger partial charge in [-0.2, -0.15) is 0 Å². The van der Waals surface area contributed by atoms with Crippen molar-refractivity contribution >= 4 is 0 Å². The minimum Gasteiger partial charge on any atom is -0.467 e. The van der Waals surface area contributed by atoms with Gasteiger partial charge in [-0.15, -0.1) is 0 Å². The molecule has 0 aromatic rings. The number of ether oxygens (including phenoxy) is 3. The van der Waals surface area contributed by atoms with E-state index in [0.29, 0.717) is 0 Å². The van der Waals surface area contributed by atoms with Gasteiger partial charge in [-0.1, -0.05) is 0 Å². The second kappa shape index (κ2) is 11.7. The Hall–Kier alpha value is -0.800. The van der Waals surface area contributed by atoms with Crippen LogP contribution >= 0.6 is 0 Å². The Balaban J connectivity index is 3.73. The van der Waals surface area contributed by atoms with Gasteiger partial charge in [0, 0.05) is 13.2 Å². The normalized spacial score (nSPS) is 12.9. The molecule has 0 heterocycles. The number of hydrogen-bond donors (Lipinski definition) is 0. The molecule has 0 aromatic heterocycles. The molecule has 3 heteroatoms. The van der Waals surface area contributed by atoms with E-state index in [1.807, 2.05) is 27.7 Å². The lowest BCUT2D eigenvalue weighted by atomic mass is 10.3. The first-order valence-electron chi connectivity index (χ1n) is 6.37. The second-order valence-corrected chi connectivity index (χ2v) is 3.70. The fraction of sp³-hybridized carbons (Fsp3) is 0.714. The van der Waals surface area contributed by atoms with Gasteiger partial charge in [0.2, 0.25) is 0 Å². The summed E-state index contributed by atoms with van der Waals surface area (Å²) in [5.41, 5.74) is 0. The summed E-state index contributed by atoms with van der Waals surface area (Å²) in [6.45, 7) is 11.0. The van der Waals surface area contributed by atoms with Crippen LogP contribution in [0.3, 0.4) is 0 Å². The third kappa shape index (κ3) is 11.5. The van der Waals surface area contributed by atoms with Gasteiger partial charge in [0.15, 0.2) is 0 Å². The van der Waals surface area contributed by atoms with Crippen molar-refractivity contribution in [3.8, 4) is 0 Å². The molecule has 0 aliphatic carbocycles. The third-order valence-electron chi connectivity index (χ3n) is 2.12. The molecular formula is C14H26O3. The maximum absolute atomic E-state index is 5.62. The van der Waals surface area contributed by atoms with E-state index in [9.17, 15) is 0 Å². The second-order valence-electron chi connectivity index (χ2n) is 3.70. The minimum atomic E-state index is 0.754. The van der Waals surface area contributed by atoms with Gasteiger partial charge in [0.1, 0.15) is 0 Å². The van der Waals surface area contributed by atoms with E-state index in [-0.39, 0.29) is 0 Å². The minimum absolute atomic E-state index is 0.754. The van der Waals surface area contributed by atoms with Crippen LogP contribution in [0.5, 0.6) is 0 Å². The van der Waals surface area contributed by atoms with Crippen LogP contribution in [-0.4, -0.2) is 26.4 Å². The maximum Gasteiger partial charge on any atom is 0.0966 e. The zero-order valence-corrected chi connectivity index (χ0v) is 11.6. The van der Waals surface area contributed by atoms with E-state index in [2.05, 4.69) is 12.2 Å². The summed E-state index contributed by atoms with van der Waals surface area (Å²) in [4.78, 5) is 0. The molecule has 0 saturated heterocycles. The first kappa shape index (κ1) is 16.2. The highest BCUT2D eigenvalue weighted by Crippen LogP contribution is 2.07. The van der Waals surface area contributed by atoms with Crippen molar-refractivity contribution in [1.82, 2.24) is 0 Å². The lowest BCUT2D eigenvalue weighted by Crippen LogP contribution is -1.94. The van der Waals surface area contributed by atoms with Gasteiger partial charge in [0.05, 0.1) is 24.7 Å². The summed E-state index contributed by atoms with van der Waals surface area (Å²) in [7, 11) is 0. The van der Waals surface area contributed by atoms with Crippen LogP contribution in [0.2, 0.25) is 0 Å². The zero-order valence-electron chi connectivity index (χ0n) is 11.6. The van der Waals surface area contributed by atoms with Crippen molar-refractivity contribution in [2.75, 3.05) is 26.4 Å². The van der Waals surface area contributed by atoms with Crippen LogP contribution < -0.4 is 0 Å². The Labute approximate surface area is 105 Å². The third-order valence-corrected chi connectivity index (χ3v) is 2.12. The topological polar surface area (TPSA) is 27.7 Å². The number of rotatable bonds is 10. The van der Waals surface area contributed by atoms with E-state index in [4.69, 9.17) is 14.2 Å². The fourth-order valence-electron chi connectivity index (χ4n) is 1.32. The first-order valence-corrected chi connectivity index (χ1v) is 6.37. The molecule has 0 atom stereocenters. The van der Waals surface area contributed by atoms with Crippen molar-refractivity contribution in [3.05, 3.63) is 23.7 Å². The van der Waals surface area contributed by atoms with Gasteiger partial charge in [0.25, 0.3) is 0 Å². The van der Waals surface area contributed by atoms with E-state index < -0.39 is 0 Å². The monoisotopic (exact) mass is 242 g/mol. The van der Waals surface area contributed by atoms with Crippen LogP contribution in [0.1, 0.15) is 40.5 Å². The Morgan fingerprint density at radius 3 is 1.59 bits per heavy atom. The summed E-state index contributed by atoms with van der Waals surface area (Å²) >= 11 is 0. The van der Waals surface area contributed by atoms with Crippen molar-refractivity contribution in [2.24, 2.45) is 0 Å². The van der Waals surface area contributed by atoms with Crippen molar-refractivity contribution < 1.29 is 14.2 Å². The van der Waals surface area contributed by atoms with Gasteiger partial charge in [-0.3, -0.25) is 0 Å². The van der Waals surface area contributed by atoms with Crippen LogP contribution in [0.15, 0.2) is 23.7 Å². The summed E-state index contributed by atoms with van der Waals surface area (Å²) in [5, 5.41) is 0. The number of hydrogen-bond acceptors (Lipinski definition) is 3. The van der Waals surface area contributed by atoms with Crippen LogP contribution in [-0.2, 0) is 14.2 Å². The molecule has 17 heavy (non-hydrogen) atoms. The van der Waals surface area contributed by atoms with Crippen LogP contribution in [0, 0.1) is 0 Å². The molecule has 0 fully saturated rings. The molecule has 0 aliphatic heterocycles. The van der Waals surface area contributed by atoms with Crippen molar-refractivity contribution in [3.63, 3.8) is 0 Å². The molecule has 100 valence electrons. The van der Waals surface area contributed by atoms with Gasteiger partial charge in [-0.05, 0) is 52.7 Å². The molecule has 0 aliphatic rings. The fourth-order valence-corrected chi connectivity index (χ4v) is 1.32. The predicted octanol–water partition coefficient (Wildman–Crippen LogP) is 3.66. The Morgan fingerprint density at radius 2 is 1.24 bits per heavy atom. The zero-order chi connectivity index (χ0) is 12.9. The molecule has 0 aromatic carbocycles. The van der Waals surface area contributed by atoms with Crippen molar-refractivity contribution in [2.45, 2.75) is 40.5 Å². The maximum atomic E-state index is 5.62. The average molecular weight is 242 g/mol. The van der Waals surface area contributed by atoms with Crippen LogP contribution in [0.25, 0.3) is 0 Å². The average Bonchev–Trinajstić information content (AvgIpc) is 2.30. The smallest absolute Gasteiger partial charge is 0.0966 e. The Kier molecular flexibility index (Phi) is 11.1. The van der Waals surface area contributed by atoms with E-state index in [1.54, 1.807) is 0 Å². The highest BCUT2D eigenvalue weighted by atomic mass is 16.5. The molecule has 0 unspecified atom stereocenters. The summed E-state index contributed by atoms with van der Waals surface area (Å²) in [6, 6.07) is 0. The standard InChI is InChI=1S/C14H26O3/c1-5-15-11-7-9-13(3)17-14(4)10-8-12-16-6-2/h9-10H,5-8,11-12H2,1-4H3.